The lowest BCUT2D eigenvalue weighted by molar-refractivity contribution is 0.127. The molecule has 0 radical (unpaired) electrons. The lowest BCUT2D eigenvalue weighted by Crippen LogP contribution is -2.06. The van der Waals surface area contributed by atoms with Crippen LogP contribution in [0.3, 0.4) is 0 Å². The fourth-order valence-electron chi connectivity index (χ4n) is 1.08. The molecule has 3 N–H and O–H groups in total. The summed E-state index contributed by atoms with van der Waals surface area (Å²) in [5.74, 6) is 0.575. The van der Waals surface area contributed by atoms with Gasteiger partial charge in [0.25, 0.3) is 5.89 Å². The molecule has 0 bridgehead atoms. The molecular weight excluding hydrogens is 216 g/mol. The van der Waals surface area contributed by atoms with Gasteiger partial charge in [0.15, 0.2) is 0 Å². The minimum atomic E-state index is -0.796. The standard InChI is InChI=1S/C8H10N4O2S/c9-2-1-6(13)8-11-7(12-14-8)5-3-15-4-10-5/h3-4,6,13H,1-2,9H2. The predicted molar refractivity (Wildman–Crippen MR) is 54.0 cm³/mol. The second-order valence-corrected chi connectivity index (χ2v) is 3.64. The molecule has 0 aliphatic carbocycles. The van der Waals surface area contributed by atoms with Crippen LogP contribution in [0.2, 0.25) is 0 Å². The van der Waals surface area contributed by atoms with E-state index in [2.05, 4.69) is 15.1 Å². The molecule has 2 aromatic rings. The lowest BCUT2D eigenvalue weighted by Gasteiger charge is -2.00. The van der Waals surface area contributed by atoms with Gasteiger partial charge in [-0.15, -0.1) is 11.3 Å². The molecule has 6 nitrogen and oxygen atoms in total. The van der Waals surface area contributed by atoms with Crippen LogP contribution < -0.4 is 5.73 Å². The summed E-state index contributed by atoms with van der Waals surface area (Å²) in [7, 11) is 0. The highest BCUT2D eigenvalue weighted by Crippen LogP contribution is 2.19. The van der Waals surface area contributed by atoms with E-state index >= 15 is 0 Å². The highest BCUT2D eigenvalue weighted by Gasteiger charge is 2.16. The summed E-state index contributed by atoms with van der Waals surface area (Å²) in [5.41, 5.74) is 7.64. The van der Waals surface area contributed by atoms with Crippen molar-refractivity contribution in [1.29, 1.82) is 0 Å². The number of thiazole rings is 1. The molecule has 0 spiro atoms. The van der Waals surface area contributed by atoms with Gasteiger partial charge in [0.05, 0.1) is 5.51 Å². The van der Waals surface area contributed by atoms with Crippen LogP contribution in [0.5, 0.6) is 0 Å². The summed E-state index contributed by atoms with van der Waals surface area (Å²) >= 11 is 1.45. The molecule has 0 fully saturated rings. The molecule has 0 amide bonds. The Hall–Kier alpha value is -1.31. The molecule has 0 saturated heterocycles. The van der Waals surface area contributed by atoms with E-state index in [9.17, 15) is 5.11 Å². The Labute approximate surface area is 89.8 Å². The summed E-state index contributed by atoms with van der Waals surface area (Å²) in [4.78, 5) is 8.06. The molecule has 1 unspecified atom stereocenters. The molecule has 0 aromatic carbocycles. The first-order valence-electron chi connectivity index (χ1n) is 4.41. The Bertz CT molecular complexity index is 414. The van der Waals surface area contributed by atoms with Gasteiger partial charge in [-0.1, -0.05) is 5.16 Å². The van der Waals surface area contributed by atoms with Gasteiger partial charge in [0, 0.05) is 5.38 Å². The lowest BCUT2D eigenvalue weighted by atomic mass is 10.2. The molecule has 2 heterocycles. The normalized spacial score (nSPS) is 12.9. The number of nitrogens with zero attached hydrogens (tertiary/aromatic N) is 3. The van der Waals surface area contributed by atoms with Crippen molar-refractivity contribution in [3.05, 3.63) is 16.8 Å². The Balaban J connectivity index is 2.17. The van der Waals surface area contributed by atoms with Crippen LogP contribution >= 0.6 is 11.3 Å². The van der Waals surface area contributed by atoms with Crippen molar-refractivity contribution < 1.29 is 9.63 Å². The summed E-state index contributed by atoms with van der Waals surface area (Å²) in [6, 6.07) is 0. The third-order valence-corrected chi connectivity index (χ3v) is 2.41. The van der Waals surface area contributed by atoms with Crippen LogP contribution in [-0.2, 0) is 0 Å². The van der Waals surface area contributed by atoms with Gasteiger partial charge >= 0.3 is 0 Å². The highest BCUT2D eigenvalue weighted by molar-refractivity contribution is 7.07. The van der Waals surface area contributed by atoms with Crippen molar-refractivity contribution in [1.82, 2.24) is 15.1 Å². The van der Waals surface area contributed by atoms with Gasteiger partial charge in [-0.3, -0.25) is 0 Å². The van der Waals surface area contributed by atoms with Crippen molar-refractivity contribution in [3.8, 4) is 11.5 Å². The number of hydrogen-bond donors (Lipinski definition) is 2. The highest BCUT2D eigenvalue weighted by atomic mass is 32.1. The number of aliphatic hydroxyl groups excluding tert-OH is 1. The van der Waals surface area contributed by atoms with Crippen LogP contribution in [0.25, 0.3) is 11.5 Å². The van der Waals surface area contributed by atoms with Gasteiger partial charge in [0.1, 0.15) is 11.8 Å². The molecule has 80 valence electrons. The average Bonchev–Trinajstić information content (AvgIpc) is 2.89. The molecular formula is C8H10N4O2S. The summed E-state index contributed by atoms with van der Waals surface area (Å²) < 4.78 is 4.90. The zero-order chi connectivity index (χ0) is 10.7. The number of hydrogen-bond acceptors (Lipinski definition) is 7. The fourth-order valence-corrected chi connectivity index (χ4v) is 1.61. The van der Waals surface area contributed by atoms with E-state index in [1.165, 1.54) is 11.3 Å². The fraction of sp³-hybridized carbons (Fsp3) is 0.375. The molecule has 0 saturated carbocycles. The molecule has 0 aliphatic rings. The van der Waals surface area contributed by atoms with E-state index in [-0.39, 0.29) is 5.89 Å². The Morgan fingerprint density at radius 1 is 1.60 bits per heavy atom. The number of rotatable bonds is 4. The van der Waals surface area contributed by atoms with Crippen molar-refractivity contribution in [2.45, 2.75) is 12.5 Å². The minimum absolute atomic E-state index is 0.184. The maximum Gasteiger partial charge on any atom is 0.255 e. The van der Waals surface area contributed by atoms with Crippen LogP contribution in [0.1, 0.15) is 18.4 Å². The zero-order valence-electron chi connectivity index (χ0n) is 7.83. The van der Waals surface area contributed by atoms with E-state index in [4.69, 9.17) is 10.3 Å². The van der Waals surface area contributed by atoms with Crippen molar-refractivity contribution >= 4 is 11.3 Å². The minimum Gasteiger partial charge on any atom is -0.383 e. The molecule has 2 rings (SSSR count). The van der Waals surface area contributed by atoms with Crippen molar-refractivity contribution in [2.75, 3.05) is 6.54 Å². The Kier molecular flexibility index (Phi) is 3.05. The Morgan fingerprint density at radius 3 is 3.13 bits per heavy atom. The van der Waals surface area contributed by atoms with Crippen LogP contribution in [-0.4, -0.2) is 26.8 Å². The number of aliphatic hydroxyl groups is 1. The average molecular weight is 226 g/mol. The largest absolute Gasteiger partial charge is 0.383 e. The zero-order valence-corrected chi connectivity index (χ0v) is 8.65. The van der Waals surface area contributed by atoms with Crippen molar-refractivity contribution in [3.63, 3.8) is 0 Å². The quantitative estimate of drug-likeness (QED) is 0.791. The van der Waals surface area contributed by atoms with Crippen LogP contribution in [0, 0.1) is 0 Å². The predicted octanol–water partition coefficient (Wildman–Crippen LogP) is 0.575. The monoisotopic (exact) mass is 226 g/mol. The third-order valence-electron chi connectivity index (χ3n) is 1.83. The first-order valence-corrected chi connectivity index (χ1v) is 5.36. The molecule has 7 heteroatoms. The Morgan fingerprint density at radius 2 is 2.47 bits per heavy atom. The SMILES string of the molecule is NCCC(O)c1nc(-c2cscn2)no1. The second-order valence-electron chi connectivity index (χ2n) is 2.92. The summed E-state index contributed by atoms with van der Waals surface area (Å²) in [5, 5.41) is 15.1. The number of nitrogens with two attached hydrogens (primary N) is 1. The van der Waals surface area contributed by atoms with E-state index in [0.717, 1.165) is 0 Å². The van der Waals surface area contributed by atoms with Gasteiger partial charge in [-0.05, 0) is 13.0 Å². The second kappa shape index (κ2) is 4.47. The van der Waals surface area contributed by atoms with E-state index in [1.807, 2.05) is 5.38 Å². The van der Waals surface area contributed by atoms with Crippen LogP contribution in [0.4, 0.5) is 0 Å². The molecule has 1 atom stereocenters. The first-order chi connectivity index (χ1) is 7.31. The third kappa shape index (κ3) is 2.20. The molecule has 2 aromatic heterocycles. The summed E-state index contributed by atoms with van der Waals surface area (Å²) in [6.45, 7) is 0.371. The van der Waals surface area contributed by atoms with Crippen LogP contribution in [0.15, 0.2) is 15.4 Å². The summed E-state index contributed by atoms with van der Waals surface area (Å²) in [6.07, 6.45) is -0.395. The maximum absolute atomic E-state index is 9.54. The van der Waals surface area contributed by atoms with Gasteiger partial charge < -0.3 is 15.4 Å². The molecule has 0 aliphatic heterocycles. The smallest absolute Gasteiger partial charge is 0.255 e. The van der Waals surface area contributed by atoms with Gasteiger partial charge in [-0.2, -0.15) is 4.98 Å². The van der Waals surface area contributed by atoms with E-state index < -0.39 is 6.10 Å². The molecule has 15 heavy (non-hydrogen) atoms. The topological polar surface area (TPSA) is 98.1 Å². The van der Waals surface area contributed by atoms with E-state index in [1.54, 1.807) is 5.51 Å². The number of aromatic nitrogens is 3. The maximum atomic E-state index is 9.54. The van der Waals surface area contributed by atoms with Gasteiger partial charge in [0.2, 0.25) is 5.82 Å². The van der Waals surface area contributed by atoms with Gasteiger partial charge in [-0.25, -0.2) is 4.98 Å². The van der Waals surface area contributed by atoms with Crippen molar-refractivity contribution in [2.24, 2.45) is 5.73 Å². The first kappa shape index (κ1) is 10.2. The van der Waals surface area contributed by atoms with E-state index in [0.29, 0.717) is 24.5 Å².